The summed E-state index contributed by atoms with van der Waals surface area (Å²) < 4.78 is 11.8. The van der Waals surface area contributed by atoms with Gasteiger partial charge in [0.05, 0.1) is 24.7 Å². The Kier molecular flexibility index (Phi) is 7.72. The van der Waals surface area contributed by atoms with Crippen molar-refractivity contribution >= 4 is 0 Å². The summed E-state index contributed by atoms with van der Waals surface area (Å²) in [5.41, 5.74) is 9.91. The third-order valence-electron chi connectivity index (χ3n) is 6.57. The molecule has 0 radical (unpaired) electrons. The molecule has 0 bridgehead atoms. The van der Waals surface area contributed by atoms with E-state index in [0.717, 1.165) is 39.3 Å². The van der Waals surface area contributed by atoms with Gasteiger partial charge in [-0.15, -0.1) is 0 Å². The Morgan fingerprint density at radius 3 is 1.66 bits per heavy atom. The quantitative estimate of drug-likeness (QED) is 0.520. The van der Waals surface area contributed by atoms with Gasteiger partial charge in [-0.1, -0.05) is 91.0 Å². The molecule has 1 fully saturated rings. The third-order valence-corrected chi connectivity index (χ3v) is 6.57. The molecule has 0 aliphatic carbocycles. The molecule has 4 rings (SSSR count). The zero-order chi connectivity index (χ0) is 22.2. The minimum Gasteiger partial charge on any atom is -0.380 e. The van der Waals surface area contributed by atoms with E-state index in [9.17, 15) is 0 Å². The van der Waals surface area contributed by atoms with Crippen LogP contribution in [0.2, 0.25) is 0 Å². The van der Waals surface area contributed by atoms with E-state index in [4.69, 9.17) is 15.2 Å². The molecule has 1 saturated heterocycles. The topological polar surface area (TPSA) is 47.7 Å². The van der Waals surface area contributed by atoms with Gasteiger partial charge in [-0.05, 0) is 23.1 Å². The second kappa shape index (κ2) is 10.9. The van der Waals surface area contributed by atoms with Crippen molar-refractivity contribution in [2.24, 2.45) is 5.73 Å². The lowest BCUT2D eigenvalue weighted by Crippen LogP contribution is -2.49. The molecule has 1 heterocycles. The van der Waals surface area contributed by atoms with Crippen LogP contribution < -0.4 is 5.73 Å². The van der Waals surface area contributed by atoms with E-state index in [1.54, 1.807) is 0 Å². The molecule has 0 saturated carbocycles. The van der Waals surface area contributed by atoms with Crippen LogP contribution in [0, 0.1) is 0 Å². The van der Waals surface area contributed by atoms with Crippen molar-refractivity contribution in [3.63, 3.8) is 0 Å². The van der Waals surface area contributed by atoms with E-state index in [2.05, 4.69) is 95.9 Å². The van der Waals surface area contributed by atoms with Crippen LogP contribution in [0.4, 0.5) is 0 Å². The van der Waals surface area contributed by atoms with Gasteiger partial charge in [0.15, 0.2) is 0 Å². The number of nitrogens with two attached hydrogens (primary N) is 1. The lowest BCUT2D eigenvalue weighted by atomic mass is 9.64. The van der Waals surface area contributed by atoms with Gasteiger partial charge < -0.3 is 15.2 Å². The van der Waals surface area contributed by atoms with E-state index in [1.165, 1.54) is 16.7 Å². The summed E-state index contributed by atoms with van der Waals surface area (Å²) in [4.78, 5) is 2.40. The highest BCUT2D eigenvalue weighted by Crippen LogP contribution is 2.44. The molecule has 1 aliphatic heterocycles. The predicted octanol–water partition coefficient (Wildman–Crippen LogP) is 4.09. The SMILES string of the molecule is COC(CC(N)CN1CCOCC1)C(c1ccccc1)(c1ccccc1)c1ccccc1. The maximum Gasteiger partial charge on any atom is 0.0764 e. The van der Waals surface area contributed by atoms with Crippen LogP contribution in [0.3, 0.4) is 0 Å². The molecule has 2 N–H and O–H groups in total. The van der Waals surface area contributed by atoms with E-state index in [1.807, 2.05) is 7.11 Å². The molecule has 3 aromatic carbocycles. The zero-order valence-electron chi connectivity index (χ0n) is 18.9. The minimum absolute atomic E-state index is 0.00596. The standard InChI is InChI=1S/C28H34N2O2/c1-31-27(21-26(29)22-30-17-19-32-20-18-30)28(23-11-5-2-6-12-23,24-13-7-3-8-14-24)25-15-9-4-10-16-25/h2-16,26-27H,17-22,29H2,1H3. The number of morpholine rings is 1. The molecular weight excluding hydrogens is 396 g/mol. The maximum atomic E-state index is 6.75. The smallest absolute Gasteiger partial charge is 0.0764 e. The van der Waals surface area contributed by atoms with Crippen molar-refractivity contribution in [3.8, 4) is 0 Å². The van der Waals surface area contributed by atoms with E-state index in [0.29, 0.717) is 0 Å². The molecule has 0 amide bonds. The average molecular weight is 431 g/mol. The van der Waals surface area contributed by atoms with Crippen molar-refractivity contribution < 1.29 is 9.47 Å². The van der Waals surface area contributed by atoms with E-state index < -0.39 is 5.41 Å². The summed E-state index contributed by atoms with van der Waals surface area (Å²) in [5, 5.41) is 0. The minimum atomic E-state index is -0.471. The number of benzene rings is 3. The lowest BCUT2D eigenvalue weighted by Gasteiger charge is -2.43. The summed E-state index contributed by atoms with van der Waals surface area (Å²) >= 11 is 0. The fourth-order valence-corrected chi connectivity index (χ4v) is 5.08. The first-order chi connectivity index (χ1) is 15.7. The fraction of sp³-hybridized carbons (Fsp3) is 0.357. The van der Waals surface area contributed by atoms with Crippen molar-refractivity contribution in [2.75, 3.05) is 40.0 Å². The molecule has 0 aromatic heterocycles. The lowest BCUT2D eigenvalue weighted by molar-refractivity contribution is 0.0227. The normalized spacial score (nSPS) is 17.1. The molecule has 4 nitrogen and oxygen atoms in total. The summed E-state index contributed by atoms with van der Waals surface area (Å²) in [7, 11) is 1.82. The zero-order valence-corrected chi connectivity index (χ0v) is 18.9. The van der Waals surface area contributed by atoms with Gasteiger partial charge in [0.25, 0.3) is 0 Å². The first kappa shape index (κ1) is 22.7. The van der Waals surface area contributed by atoms with Gasteiger partial charge in [0.1, 0.15) is 0 Å². The van der Waals surface area contributed by atoms with Crippen LogP contribution in [0.5, 0.6) is 0 Å². The van der Waals surface area contributed by atoms with Crippen LogP contribution in [0.15, 0.2) is 91.0 Å². The van der Waals surface area contributed by atoms with Crippen molar-refractivity contribution in [1.82, 2.24) is 4.90 Å². The molecule has 1 aliphatic rings. The van der Waals surface area contributed by atoms with Gasteiger partial charge in [0, 0.05) is 32.8 Å². The summed E-state index contributed by atoms with van der Waals surface area (Å²) in [5.74, 6) is 0. The number of nitrogens with zero attached hydrogens (tertiary/aromatic N) is 1. The van der Waals surface area contributed by atoms with Gasteiger partial charge in [-0.3, -0.25) is 4.90 Å². The monoisotopic (exact) mass is 430 g/mol. The largest absolute Gasteiger partial charge is 0.380 e. The molecule has 2 atom stereocenters. The van der Waals surface area contributed by atoms with E-state index in [-0.39, 0.29) is 12.1 Å². The second-order valence-electron chi connectivity index (χ2n) is 8.54. The fourth-order valence-electron chi connectivity index (χ4n) is 5.08. The Morgan fingerprint density at radius 1 is 0.812 bits per heavy atom. The van der Waals surface area contributed by atoms with Crippen LogP contribution in [0.1, 0.15) is 23.1 Å². The van der Waals surface area contributed by atoms with Crippen molar-refractivity contribution in [1.29, 1.82) is 0 Å². The van der Waals surface area contributed by atoms with Gasteiger partial charge >= 0.3 is 0 Å². The molecule has 3 aromatic rings. The molecular formula is C28H34N2O2. The highest BCUT2D eigenvalue weighted by Gasteiger charge is 2.44. The first-order valence-corrected chi connectivity index (χ1v) is 11.5. The van der Waals surface area contributed by atoms with Crippen molar-refractivity contribution in [3.05, 3.63) is 108 Å². The van der Waals surface area contributed by atoms with Gasteiger partial charge in [0.2, 0.25) is 0 Å². The third kappa shape index (κ3) is 4.79. The highest BCUT2D eigenvalue weighted by molar-refractivity contribution is 5.52. The number of methoxy groups -OCH3 is 1. The second-order valence-corrected chi connectivity index (χ2v) is 8.54. The Bertz CT molecular complexity index is 831. The van der Waals surface area contributed by atoms with Crippen LogP contribution in [0.25, 0.3) is 0 Å². The van der Waals surface area contributed by atoms with Gasteiger partial charge in [-0.25, -0.2) is 0 Å². The van der Waals surface area contributed by atoms with Crippen molar-refractivity contribution in [2.45, 2.75) is 24.0 Å². The Hall–Kier alpha value is -2.50. The summed E-state index contributed by atoms with van der Waals surface area (Å²) in [6.07, 6.45) is 0.609. The summed E-state index contributed by atoms with van der Waals surface area (Å²) in [6.45, 7) is 4.28. The van der Waals surface area contributed by atoms with Crippen LogP contribution in [-0.2, 0) is 14.9 Å². The van der Waals surface area contributed by atoms with E-state index >= 15 is 0 Å². The maximum absolute atomic E-state index is 6.75. The molecule has 2 unspecified atom stereocenters. The number of rotatable bonds is 9. The van der Waals surface area contributed by atoms with Crippen LogP contribution in [-0.4, -0.2) is 57.0 Å². The summed E-state index contributed by atoms with van der Waals surface area (Å²) in [6, 6.07) is 32.1. The first-order valence-electron chi connectivity index (χ1n) is 11.5. The average Bonchev–Trinajstić information content (AvgIpc) is 2.86. The highest BCUT2D eigenvalue weighted by atomic mass is 16.5. The number of ether oxygens (including phenoxy) is 2. The molecule has 0 spiro atoms. The van der Waals surface area contributed by atoms with Gasteiger partial charge in [-0.2, -0.15) is 0 Å². The Balaban J connectivity index is 1.78. The Labute approximate surface area is 192 Å². The Morgan fingerprint density at radius 2 is 1.25 bits per heavy atom. The predicted molar refractivity (Wildman–Crippen MR) is 130 cm³/mol. The molecule has 32 heavy (non-hydrogen) atoms. The molecule has 4 heteroatoms. The van der Waals surface area contributed by atoms with Crippen LogP contribution >= 0.6 is 0 Å². The number of hydrogen-bond acceptors (Lipinski definition) is 4. The molecule has 168 valence electrons. The number of hydrogen-bond donors (Lipinski definition) is 1.